The Bertz CT molecular complexity index is 551. The molecule has 0 saturated carbocycles. The molecule has 2 heterocycles. The van der Waals surface area contributed by atoms with Gasteiger partial charge in [-0.15, -0.1) is 0 Å². The number of pyridine rings is 1. The minimum Gasteiger partial charge on any atom is -0.309 e. The van der Waals surface area contributed by atoms with Crippen LogP contribution >= 0.6 is 11.6 Å². The van der Waals surface area contributed by atoms with Crippen LogP contribution < -0.4 is 5.32 Å². The molecule has 0 radical (unpaired) electrons. The van der Waals surface area contributed by atoms with Crippen molar-refractivity contribution in [3.63, 3.8) is 0 Å². The Morgan fingerprint density at radius 1 is 1.35 bits per heavy atom. The van der Waals surface area contributed by atoms with Crippen molar-refractivity contribution in [3.8, 4) is 0 Å². The molecule has 2 rings (SSSR count). The molecular formula is C15H21ClN4. The molecule has 0 saturated heterocycles. The van der Waals surface area contributed by atoms with Gasteiger partial charge in [0.05, 0.1) is 28.1 Å². The summed E-state index contributed by atoms with van der Waals surface area (Å²) in [5, 5.41) is 8.72. The Morgan fingerprint density at radius 3 is 2.70 bits per heavy atom. The van der Waals surface area contributed by atoms with Gasteiger partial charge in [-0.2, -0.15) is 5.10 Å². The normalized spacial score (nSPS) is 12.6. The van der Waals surface area contributed by atoms with Gasteiger partial charge >= 0.3 is 0 Å². The Balaban J connectivity index is 2.27. The number of aryl methyl sites for hydroxylation is 2. The highest BCUT2D eigenvalue weighted by Crippen LogP contribution is 2.25. The molecule has 1 N–H and O–H groups in total. The van der Waals surface area contributed by atoms with Crippen molar-refractivity contribution in [2.75, 3.05) is 6.54 Å². The zero-order valence-electron chi connectivity index (χ0n) is 12.2. The third-order valence-electron chi connectivity index (χ3n) is 3.40. The van der Waals surface area contributed by atoms with E-state index in [2.05, 4.69) is 29.2 Å². The first kappa shape index (κ1) is 15.0. The Labute approximate surface area is 125 Å². The van der Waals surface area contributed by atoms with Gasteiger partial charge in [-0.1, -0.05) is 31.5 Å². The fraction of sp³-hybridized carbons (Fsp3) is 0.467. The highest BCUT2D eigenvalue weighted by Gasteiger charge is 2.19. The van der Waals surface area contributed by atoms with Crippen LogP contribution in [0.5, 0.6) is 0 Å². The second-order valence-corrected chi connectivity index (χ2v) is 5.13. The van der Waals surface area contributed by atoms with Crippen LogP contribution in [0.15, 0.2) is 24.4 Å². The second kappa shape index (κ2) is 6.86. The van der Waals surface area contributed by atoms with Crippen LogP contribution in [-0.2, 0) is 19.9 Å². The maximum atomic E-state index is 6.43. The first-order valence-electron chi connectivity index (χ1n) is 7.01. The number of aromatic nitrogens is 3. The van der Waals surface area contributed by atoms with Crippen molar-refractivity contribution < 1.29 is 0 Å². The fourth-order valence-corrected chi connectivity index (χ4v) is 2.72. The third kappa shape index (κ3) is 3.19. The Morgan fingerprint density at radius 2 is 2.15 bits per heavy atom. The van der Waals surface area contributed by atoms with Crippen molar-refractivity contribution in [2.24, 2.45) is 7.05 Å². The molecule has 1 atom stereocenters. The molecule has 4 nitrogen and oxygen atoms in total. The van der Waals surface area contributed by atoms with Gasteiger partial charge in [-0.25, -0.2) is 0 Å². The van der Waals surface area contributed by atoms with Gasteiger partial charge < -0.3 is 5.32 Å². The third-order valence-corrected chi connectivity index (χ3v) is 3.83. The molecule has 2 aromatic rings. The zero-order valence-corrected chi connectivity index (χ0v) is 13.0. The van der Waals surface area contributed by atoms with Crippen LogP contribution in [-0.4, -0.2) is 21.3 Å². The van der Waals surface area contributed by atoms with E-state index >= 15 is 0 Å². The standard InChI is InChI=1S/C15H21ClN4/c1-4-11-15(16)14(20(3)19-11)10-13(17-5-2)12-8-6-7-9-18-12/h6-9,13,17H,4-5,10H2,1-3H3. The zero-order chi connectivity index (χ0) is 14.5. The van der Waals surface area contributed by atoms with Crippen molar-refractivity contribution in [1.82, 2.24) is 20.1 Å². The summed E-state index contributed by atoms with van der Waals surface area (Å²) < 4.78 is 1.88. The summed E-state index contributed by atoms with van der Waals surface area (Å²) in [7, 11) is 1.95. The van der Waals surface area contributed by atoms with E-state index in [-0.39, 0.29) is 6.04 Å². The van der Waals surface area contributed by atoms with Gasteiger partial charge in [0.2, 0.25) is 0 Å². The van der Waals surface area contributed by atoms with E-state index < -0.39 is 0 Å². The van der Waals surface area contributed by atoms with E-state index in [9.17, 15) is 0 Å². The Kier molecular flexibility index (Phi) is 5.15. The summed E-state index contributed by atoms with van der Waals surface area (Å²) in [6.45, 7) is 5.05. The van der Waals surface area contributed by atoms with Crippen LogP contribution in [0.25, 0.3) is 0 Å². The summed E-state index contributed by atoms with van der Waals surface area (Å²) in [5.74, 6) is 0. The molecule has 1 unspecified atom stereocenters. The quantitative estimate of drug-likeness (QED) is 0.890. The summed E-state index contributed by atoms with van der Waals surface area (Å²) in [6, 6.07) is 6.13. The van der Waals surface area contributed by atoms with Crippen molar-refractivity contribution in [1.29, 1.82) is 0 Å². The average molecular weight is 293 g/mol. The van der Waals surface area contributed by atoms with Crippen LogP contribution in [0.3, 0.4) is 0 Å². The molecule has 5 heteroatoms. The van der Waals surface area contributed by atoms with Gasteiger partial charge in [-0.05, 0) is 25.1 Å². The number of nitrogens with zero attached hydrogens (tertiary/aromatic N) is 3. The van der Waals surface area contributed by atoms with E-state index in [0.717, 1.165) is 41.5 Å². The molecule has 108 valence electrons. The van der Waals surface area contributed by atoms with Crippen molar-refractivity contribution in [2.45, 2.75) is 32.7 Å². The van der Waals surface area contributed by atoms with Crippen LogP contribution in [0.4, 0.5) is 0 Å². The molecular weight excluding hydrogens is 272 g/mol. The molecule has 0 aromatic carbocycles. The first-order chi connectivity index (χ1) is 9.67. The van der Waals surface area contributed by atoms with E-state index in [4.69, 9.17) is 11.6 Å². The molecule has 0 bridgehead atoms. The smallest absolute Gasteiger partial charge is 0.0850 e. The maximum Gasteiger partial charge on any atom is 0.0850 e. The minimum absolute atomic E-state index is 0.152. The van der Waals surface area contributed by atoms with E-state index in [0.29, 0.717) is 0 Å². The highest BCUT2D eigenvalue weighted by atomic mass is 35.5. The number of nitrogens with one attached hydrogen (secondary N) is 1. The number of hydrogen-bond acceptors (Lipinski definition) is 3. The topological polar surface area (TPSA) is 42.7 Å². The number of halogens is 1. The lowest BCUT2D eigenvalue weighted by atomic mass is 10.1. The fourth-order valence-electron chi connectivity index (χ4n) is 2.34. The van der Waals surface area contributed by atoms with Gasteiger partial charge in [-0.3, -0.25) is 9.67 Å². The van der Waals surface area contributed by atoms with Crippen LogP contribution in [0.2, 0.25) is 5.02 Å². The lowest BCUT2D eigenvalue weighted by Gasteiger charge is -2.17. The predicted octanol–water partition coefficient (Wildman–Crippen LogP) is 2.92. The van der Waals surface area contributed by atoms with Crippen LogP contribution in [0, 0.1) is 0 Å². The lowest BCUT2D eigenvalue weighted by Crippen LogP contribution is -2.24. The van der Waals surface area contributed by atoms with Gasteiger partial charge in [0, 0.05) is 19.7 Å². The van der Waals surface area contributed by atoms with Gasteiger partial charge in [0.1, 0.15) is 0 Å². The predicted molar refractivity (Wildman–Crippen MR) is 82.0 cm³/mol. The molecule has 2 aromatic heterocycles. The van der Waals surface area contributed by atoms with E-state index in [1.165, 1.54) is 0 Å². The Hall–Kier alpha value is -1.39. The largest absolute Gasteiger partial charge is 0.309 e. The van der Waals surface area contributed by atoms with Crippen molar-refractivity contribution in [3.05, 3.63) is 46.5 Å². The number of hydrogen-bond donors (Lipinski definition) is 1. The highest BCUT2D eigenvalue weighted by molar-refractivity contribution is 6.31. The number of rotatable bonds is 6. The average Bonchev–Trinajstić information content (AvgIpc) is 2.75. The second-order valence-electron chi connectivity index (χ2n) is 4.75. The SMILES string of the molecule is CCNC(Cc1c(Cl)c(CC)nn1C)c1ccccn1. The molecule has 0 fully saturated rings. The van der Waals surface area contributed by atoms with E-state index in [1.807, 2.05) is 36.1 Å². The van der Waals surface area contributed by atoms with Gasteiger partial charge in [0.25, 0.3) is 0 Å². The summed E-state index contributed by atoms with van der Waals surface area (Å²) in [5.41, 5.74) is 3.05. The number of likely N-dealkylation sites (N-methyl/N-ethyl adjacent to an activating group) is 1. The molecule has 0 amide bonds. The molecule has 0 aliphatic heterocycles. The van der Waals surface area contributed by atoms with Crippen molar-refractivity contribution >= 4 is 11.6 Å². The lowest BCUT2D eigenvalue weighted by molar-refractivity contribution is 0.517. The maximum absolute atomic E-state index is 6.43. The molecule has 0 spiro atoms. The monoisotopic (exact) mass is 292 g/mol. The van der Waals surface area contributed by atoms with Crippen LogP contribution in [0.1, 0.15) is 37.0 Å². The first-order valence-corrected chi connectivity index (χ1v) is 7.39. The molecule has 20 heavy (non-hydrogen) atoms. The molecule has 0 aliphatic carbocycles. The summed E-state index contributed by atoms with van der Waals surface area (Å²) in [6.07, 6.45) is 3.46. The summed E-state index contributed by atoms with van der Waals surface area (Å²) in [4.78, 5) is 4.44. The van der Waals surface area contributed by atoms with Gasteiger partial charge in [0.15, 0.2) is 0 Å². The molecule has 0 aliphatic rings. The summed E-state index contributed by atoms with van der Waals surface area (Å²) >= 11 is 6.43. The minimum atomic E-state index is 0.152. The van der Waals surface area contributed by atoms with E-state index in [1.54, 1.807) is 0 Å².